The van der Waals surface area contributed by atoms with E-state index in [0.29, 0.717) is 12.3 Å². The highest BCUT2D eigenvalue weighted by Crippen LogP contribution is 2.29. The summed E-state index contributed by atoms with van der Waals surface area (Å²) in [5.41, 5.74) is 3.28. The summed E-state index contributed by atoms with van der Waals surface area (Å²) in [6, 6.07) is 13.5. The van der Waals surface area contributed by atoms with E-state index in [1.807, 2.05) is 31.2 Å². The molecular formula is C25H36N4O3. The molecule has 0 aromatic heterocycles. The number of likely N-dealkylation sites (N-methyl/N-ethyl adjacent to an activating group) is 1. The number of carbonyl (C=O) groups is 1. The van der Waals surface area contributed by atoms with Gasteiger partial charge in [0.05, 0.1) is 20.3 Å². The molecule has 0 radical (unpaired) electrons. The topological polar surface area (TPSA) is 66.1 Å². The molecule has 0 saturated carbocycles. The molecule has 0 aliphatic carbocycles. The fraction of sp³-hybridized carbons (Fsp3) is 0.480. The van der Waals surface area contributed by atoms with Crippen LogP contribution in [-0.2, 0) is 13.1 Å². The molecule has 7 heteroatoms. The normalized spacial score (nSPS) is 15.8. The van der Waals surface area contributed by atoms with E-state index in [9.17, 15) is 4.79 Å². The zero-order valence-electron chi connectivity index (χ0n) is 19.7. The van der Waals surface area contributed by atoms with Crippen molar-refractivity contribution in [2.24, 2.45) is 0 Å². The minimum atomic E-state index is -0.231. The van der Waals surface area contributed by atoms with Crippen molar-refractivity contribution in [3.8, 4) is 11.5 Å². The van der Waals surface area contributed by atoms with E-state index in [1.165, 1.54) is 5.56 Å². The molecule has 2 aromatic rings. The Morgan fingerprint density at radius 1 is 1.00 bits per heavy atom. The Kier molecular flexibility index (Phi) is 8.76. The van der Waals surface area contributed by atoms with E-state index in [0.717, 1.165) is 56.1 Å². The van der Waals surface area contributed by atoms with Crippen molar-refractivity contribution in [1.29, 1.82) is 0 Å². The first-order chi connectivity index (χ1) is 15.5. The Balaban J connectivity index is 1.56. The monoisotopic (exact) mass is 440 g/mol. The SMILES string of the molecule is CCN1CCN(Cc2ccccc2CNC(=O)NC(C)c2cc(OC)ccc2OC)CC1. The summed E-state index contributed by atoms with van der Waals surface area (Å²) >= 11 is 0. The van der Waals surface area contributed by atoms with Gasteiger partial charge in [0.15, 0.2) is 0 Å². The summed E-state index contributed by atoms with van der Waals surface area (Å²) in [6.07, 6.45) is 0. The van der Waals surface area contributed by atoms with Crippen LogP contribution in [0.4, 0.5) is 4.79 Å². The summed E-state index contributed by atoms with van der Waals surface area (Å²) in [5, 5.41) is 6.01. The average molecular weight is 441 g/mol. The maximum absolute atomic E-state index is 12.6. The number of piperazine rings is 1. The minimum absolute atomic E-state index is 0.214. The molecule has 1 aliphatic rings. The number of benzene rings is 2. The van der Waals surface area contributed by atoms with Crippen LogP contribution in [0.15, 0.2) is 42.5 Å². The van der Waals surface area contributed by atoms with E-state index in [1.54, 1.807) is 14.2 Å². The predicted octanol–water partition coefficient (Wildman–Crippen LogP) is 3.40. The van der Waals surface area contributed by atoms with Crippen molar-refractivity contribution in [2.45, 2.75) is 33.0 Å². The molecule has 3 rings (SSSR count). The zero-order valence-corrected chi connectivity index (χ0v) is 19.7. The number of methoxy groups -OCH3 is 2. The number of rotatable bonds is 9. The Hall–Kier alpha value is -2.77. The number of amides is 2. The largest absolute Gasteiger partial charge is 0.497 e. The Morgan fingerprint density at radius 3 is 2.34 bits per heavy atom. The number of nitrogens with zero attached hydrogens (tertiary/aromatic N) is 2. The lowest BCUT2D eigenvalue weighted by Crippen LogP contribution is -2.45. The van der Waals surface area contributed by atoms with Gasteiger partial charge in [0.25, 0.3) is 0 Å². The molecule has 32 heavy (non-hydrogen) atoms. The van der Waals surface area contributed by atoms with E-state index < -0.39 is 0 Å². The third-order valence-corrected chi connectivity index (χ3v) is 6.11. The molecule has 1 unspecified atom stereocenters. The fourth-order valence-corrected chi connectivity index (χ4v) is 4.07. The van der Waals surface area contributed by atoms with Gasteiger partial charge in [-0.1, -0.05) is 31.2 Å². The van der Waals surface area contributed by atoms with Crippen molar-refractivity contribution >= 4 is 6.03 Å². The number of carbonyl (C=O) groups excluding carboxylic acids is 1. The van der Waals surface area contributed by atoms with E-state index in [-0.39, 0.29) is 12.1 Å². The van der Waals surface area contributed by atoms with Gasteiger partial charge >= 0.3 is 6.03 Å². The summed E-state index contributed by atoms with van der Waals surface area (Å²) in [6.45, 7) is 11.0. The number of urea groups is 1. The highest BCUT2D eigenvalue weighted by atomic mass is 16.5. The second-order valence-corrected chi connectivity index (χ2v) is 8.14. The summed E-state index contributed by atoms with van der Waals surface area (Å²) in [7, 11) is 3.24. The molecular weight excluding hydrogens is 404 g/mol. The van der Waals surface area contributed by atoms with E-state index in [4.69, 9.17) is 9.47 Å². The molecule has 1 fully saturated rings. The van der Waals surface area contributed by atoms with Gasteiger partial charge in [0.2, 0.25) is 0 Å². The first kappa shape index (κ1) is 23.9. The van der Waals surface area contributed by atoms with Gasteiger partial charge in [-0.2, -0.15) is 0 Å². The minimum Gasteiger partial charge on any atom is -0.497 e. The smallest absolute Gasteiger partial charge is 0.315 e. The molecule has 1 heterocycles. The molecule has 1 atom stereocenters. The second-order valence-electron chi connectivity index (χ2n) is 8.14. The van der Waals surface area contributed by atoms with E-state index >= 15 is 0 Å². The van der Waals surface area contributed by atoms with Gasteiger partial charge in [-0.15, -0.1) is 0 Å². The molecule has 7 nitrogen and oxygen atoms in total. The lowest BCUT2D eigenvalue weighted by atomic mass is 10.1. The number of ether oxygens (including phenoxy) is 2. The van der Waals surface area contributed by atoms with Crippen LogP contribution in [0.25, 0.3) is 0 Å². The highest BCUT2D eigenvalue weighted by molar-refractivity contribution is 5.74. The maximum Gasteiger partial charge on any atom is 0.315 e. The first-order valence-electron chi connectivity index (χ1n) is 11.3. The van der Waals surface area contributed by atoms with Gasteiger partial charge in [0, 0.05) is 44.8 Å². The van der Waals surface area contributed by atoms with Crippen LogP contribution < -0.4 is 20.1 Å². The fourth-order valence-electron chi connectivity index (χ4n) is 4.07. The van der Waals surface area contributed by atoms with Gasteiger partial charge in [-0.3, -0.25) is 4.90 Å². The number of hydrogen-bond donors (Lipinski definition) is 2. The zero-order chi connectivity index (χ0) is 22.9. The quantitative estimate of drug-likeness (QED) is 0.626. The van der Waals surface area contributed by atoms with Crippen LogP contribution in [0.1, 0.15) is 36.6 Å². The first-order valence-corrected chi connectivity index (χ1v) is 11.3. The molecule has 1 aliphatic heterocycles. The number of hydrogen-bond acceptors (Lipinski definition) is 5. The van der Waals surface area contributed by atoms with Crippen molar-refractivity contribution < 1.29 is 14.3 Å². The van der Waals surface area contributed by atoms with Crippen molar-refractivity contribution in [3.63, 3.8) is 0 Å². The summed E-state index contributed by atoms with van der Waals surface area (Å²) in [5.74, 6) is 1.44. The summed E-state index contributed by atoms with van der Waals surface area (Å²) < 4.78 is 10.8. The predicted molar refractivity (Wildman–Crippen MR) is 127 cm³/mol. The summed E-state index contributed by atoms with van der Waals surface area (Å²) in [4.78, 5) is 17.6. The lowest BCUT2D eigenvalue weighted by Gasteiger charge is -2.34. The van der Waals surface area contributed by atoms with Gasteiger partial charge in [0.1, 0.15) is 11.5 Å². The van der Waals surface area contributed by atoms with Crippen LogP contribution in [0, 0.1) is 0 Å². The van der Waals surface area contributed by atoms with Gasteiger partial charge in [-0.05, 0) is 42.8 Å². The molecule has 2 N–H and O–H groups in total. The Labute approximate surface area is 191 Å². The van der Waals surface area contributed by atoms with Gasteiger partial charge in [-0.25, -0.2) is 4.79 Å². The molecule has 0 spiro atoms. The molecule has 2 aromatic carbocycles. The third-order valence-electron chi connectivity index (χ3n) is 6.11. The van der Waals surface area contributed by atoms with Crippen molar-refractivity contribution in [2.75, 3.05) is 46.9 Å². The van der Waals surface area contributed by atoms with Crippen LogP contribution in [0.5, 0.6) is 11.5 Å². The standard InChI is InChI=1S/C25H36N4O3/c1-5-28-12-14-29(15-13-28)18-21-9-7-6-8-20(21)17-26-25(30)27-19(2)23-16-22(31-3)10-11-24(23)32-4/h6-11,16,19H,5,12-15,17-18H2,1-4H3,(H2,26,27,30). The Morgan fingerprint density at radius 2 is 1.69 bits per heavy atom. The number of nitrogens with one attached hydrogen (secondary N) is 2. The van der Waals surface area contributed by atoms with Crippen molar-refractivity contribution in [3.05, 3.63) is 59.2 Å². The molecule has 1 saturated heterocycles. The van der Waals surface area contributed by atoms with Gasteiger partial charge < -0.3 is 25.0 Å². The second kappa shape index (κ2) is 11.7. The maximum atomic E-state index is 12.6. The Bertz CT molecular complexity index is 881. The molecule has 2 amide bonds. The van der Waals surface area contributed by atoms with Crippen LogP contribution in [0.2, 0.25) is 0 Å². The third kappa shape index (κ3) is 6.37. The lowest BCUT2D eigenvalue weighted by molar-refractivity contribution is 0.131. The van der Waals surface area contributed by atoms with Crippen molar-refractivity contribution in [1.82, 2.24) is 20.4 Å². The van der Waals surface area contributed by atoms with E-state index in [2.05, 4.69) is 45.6 Å². The van der Waals surface area contributed by atoms with Crippen LogP contribution >= 0.6 is 0 Å². The van der Waals surface area contributed by atoms with Crippen LogP contribution in [-0.4, -0.2) is 62.8 Å². The molecule has 174 valence electrons. The average Bonchev–Trinajstić information content (AvgIpc) is 2.83. The highest BCUT2D eigenvalue weighted by Gasteiger charge is 2.18. The molecule has 0 bridgehead atoms. The van der Waals surface area contributed by atoms with Crippen LogP contribution in [0.3, 0.4) is 0 Å².